The van der Waals surface area contributed by atoms with E-state index in [2.05, 4.69) is 20.9 Å². The van der Waals surface area contributed by atoms with Crippen molar-refractivity contribution in [2.45, 2.75) is 44.2 Å². The fraction of sp³-hybridized carbons (Fsp3) is 0.667. The molecule has 0 radical (unpaired) electrons. The van der Waals surface area contributed by atoms with Crippen molar-refractivity contribution in [2.75, 3.05) is 38.2 Å². The third-order valence-electron chi connectivity index (χ3n) is 5.20. The Morgan fingerprint density at radius 3 is 2.62 bits per heavy atom. The van der Waals surface area contributed by atoms with Gasteiger partial charge in [-0.25, -0.2) is 4.98 Å². The fourth-order valence-corrected chi connectivity index (χ4v) is 3.95. The maximum atomic E-state index is 10.7. The molecule has 2 aliphatic rings. The summed E-state index contributed by atoms with van der Waals surface area (Å²) in [6.07, 6.45) is 7.23. The standard InChI is InChI=1S/C18H26N4O2/c1-24-18-14(12-19)15(6-8-20-18)22-11-7-16(17(23)13-22)21-9-4-2-3-5-10-21/h6,8,16-17,23H,2-5,7,9-11,13H2,1H3/t16-,17-/m0/s1. The Kier molecular flexibility index (Phi) is 5.54. The van der Waals surface area contributed by atoms with Crippen LogP contribution in [0, 0.1) is 11.3 Å². The highest BCUT2D eigenvalue weighted by atomic mass is 16.5. The predicted octanol–water partition coefficient (Wildman–Crippen LogP) is 1.78. The maximum absolute atomic E-state index is 10.7. The van der Waals surface area contributed by atoms with Crippen LogP contribution in [-0.2, 0) is 0 Å². The van der Waals surface area contributed by atoms with Crippen LogP contribution in [0.1, 0.15) is 37.7 Å². The Morgan fingerprint density at radius 2 is 2.00 bits per heavy atom. The largest absolute Gasteiger partial charge is 0.480 e. The monoisotopic (exact) mass is 330 g/mol. The molecule has 2 fully saturated rings. The molecule has 3 rings (SSSR count). The first-order valence-electron chi connectivity index (χ1n) is 8.84. The first kappa shape index (κ1) is 17.0. The molecular formula is C18H26N4O2. The van der Waals surface area contributed by atoms with E-state index in [1.54, 1.807) is 6.20 Å². The van der Waals surface area contributed by atoms with Crippen LogP contribution in [0.4, 0.5) is 5.69 Å². The number of hydrogen-bond acceptors (Lipinski definition) is 6. The van der Waals surface area contributed by atoms with Gasteiger partial charge in [-0.15, -0.1) is 0 Å². The molecule has 0 amide bonds. The molecule has 0 spiro atoms. The van der Waals surface area contributed by atoms with Crippen molar-refractivity contribution >= 4 is 5.69 Å². The number of nitrogens with zero attached hydrogens (tertiary/aromatic N) is 4. The van der Waals surface area contributed by atoms with E-state index in [4.69, 9.17) is 4.74 Å². The third-order valence-corrected chi connectivity index (χ3v) is 5.20. The Bertz CT molecular complexity index is 593. The fourth-order valence-electron chi connectivity index (χ4n) is 3.95. The molecule has 2 aliphatic heterocycles. The first-order valence-corrected chi connectivity index (χ1v) is 8.84. The van der Waals surface area contributed by atoms with Crippen LogP contribution in [-0.4, -0.2) is 60.4 Å². The van der Waals surface area contributed by atoms with Crippen LogP contribution in [0.5, 0.6) is 5.88 Å². The van der Waals surface area contributed by atoms with Crippen molar-refractivity contribution in [1.29, 1.82) is 5.26 Å². The van der Waals surface area contributed by atoms with E-state index < -0.39 is 6.10 Å². The molecule has 0 saturated carbocycles. The molecule has 1 aromatic rings. The number of aliphatic hydroxyl groups excluding tert-OH is 1. The van der Waals surface area contributed by atoms with E-state index in [1.165, 1.54) is 32.8 Å². The lowest BCUT2D eigenvalue weighted by Gasteiger charge is -2.42. The summed E-state index contributed by atoms with van der Waals surface area (Å²) in [7, 11) is 1.52. The molecule has 0 aromatic carbocycles. The van der Waals surface area contributed by atoms with Gasteiger partial charge in [-0.2, -0.15) is 5.26 Å². The van der Waals surface area contributed by atoms with Crippen LogP contribution in [0.25, 0.3) is 0 Å². The number of pyridine rings is 1. The highest BCUT2D eigenvalue weighted by Crippen LogP contribution is 2.30. The third kappa shape index (κ3) is 3.47. The van der Waals surface area contributed by atoms with Gasteiger partial charge in [-0.1, -0.05) is 12.8 Å². The molecule has 6 heteroatoms. The van der Waals surface area contributed by atoms with Gasteiger partial charge < -0.3 is 14.7 Å². The minimum absolute atomic E-state index is 0.230. The second-order valence-corrected chi connectivity index (χ2v) is 6.65. The van der Waals surface area contributed by atoms with E-state index in [0.717, 1.165) is 31.7 Å². The summed E-state index contributed by atoms with van der Waals surface area (Å²) in [6, 6.07) is 4.25. The van der Waals surface area contributed by atoms with E-state index >= 15 is 0 Å². The number of β-amino-alcohol motifs (C(OH)–C–C–N with tert-alkyl or cyclic N) is 1. The Balaban J connectivity index is 1.73. The number of anilines is 1. The van der Waals surface area contributed by atoms with Crippen LogP contribution >= 0.6 is 0 Å². The van der Waals surface area contributed by atoms with Crippen molar-refractivity contribution in [2.24, 2.45) is 0 Å². The lowest BCUT2D eigenvalue weighted by atomic mass is 9.98. The number of aromatic nitrogens is 1. The maximum Gasteiger partial charge on any atom is 0.233 e. The molecule has 3 heterocycles. The van der Waals surface area contributed by atoms with Crippen molar-refractivity contribution in [1.82, 2.24) is 9.88 Å². The zero-order valence-corrected chi connectivity index (χ0v) is 14.3. The molecule has 2 saturated heterocycles. The number of nitriles is 1. The molecule has 2 atom stereocenters. The smallest absolute Gasteiger partial charge is 0.233 e. The van der Waals surface area contributed by atoms with Crippen molar-refractivity contribution in [3.05, 3.63) is 17.8 Å². The van der Waals surface area contributed by atoms with Crippen molar-refractivity contribution in [3.63, 3.8) is 0 Å². The molecule has 0 bridgehead atoms. The van der Waals surface area contributed by atoms with Gasteiger partial charge in [-0.05, 0) is 38.4 Å². The molecule has 1 N–H and O–H groups in total. The zero-order chi connectivity index (χ0) is 16.9. The predicted molar refractivity (Wildman–Crippen MR) is 92.2 cm³/mol. The Hall–Kier alpha value is -1.84. The molecular weight excluding hydrogens is 304 g/mol. The number of piperidine rings is 1. The Labute approximate surface area is 143 Å². The molecule has 0 aliphatic carbocycles. The van der Waals surface area contributed by atoms with Gasteiger partial charge in [-0.3, -0.25) is 4.90 Å². The highest BCUT2D eigenvalue weighted by Gasteiger charge is 2.33. The summed E-state index contributed by atoms with van der Waals surface area (Å²) in [5.74, 6) is 0.346. The van der Waals surface area contributed by atoms with Gasteiger partial charge in [0.1, 0.15) is 11.6 Å². The van der Waals surface area contributed by atoms with Gasteiger partial charge in [0.2, 0.25) is 5.88 Å². The van der Waals surface area contributed by atoms with Crippen LogP contribution in [0.3, 0.4) is 0 Å². The summed E-state index contributed by atoms with van der Waals surface area (Å²) < 4.78 is 5.19. The van der Waals surface area contributed by atoms with Gasteiger partial charge in [0.05, 0.1) is 18.9 Å². The number of likely N-dealkylation sites (tertiary alicyclic amines) is 1. The van der Waals surface area contributed by atoms with Crippen LogP contribution < -0.4 is 9.64 Å². The van der Waals surface area contributed by atoms with Crippen LogP contribution in [0.2, 0.25) is 0 Å². The first-order chi connectivity index (χ1) is 11.7. The topological polar surface area (TPSA) is 72.6 Å². The van der Waals surface area contributed by atoms with Gasteiger partial charge in [0.25, 0.3) is 0 Å². The molecule has 6 nitrogen and oxygen atoms in total. The quantitative estimate of drug-likeness (QED) is 0.911. The summed E-state index contributed by atoms with van der Waals surface area (Å²) in [5, 5.41) is 20.2. The average molecular weight is 330 g/mol. The number of hydrogen-bond donors (Lipinski definition) is 1. The number of rotatable bonds is 3. The molecule has 24 heavy (non-hydrogen) atoms. The van der Waals surface area contributed by atoms with Gasteiger partial charge in [0.15, 0.2) is 0 Å². The van der Waals surface area contributed by atoms with Gasteiger partial charge >= 0.3 is 0 Å². The lowest BCUT2D eigenvalue weighted by Crippen LogP contribution is -2.54. The second-order valence-electron chi connectivity index (χ2n) is 6.65. The lowest BCUT2D eigenvalue weighted by molar-refractivity contribution is 0.0385. The van der Waals surface area contributed by atoms with E-state index in [1.807, 2.05) is 6.07 Å². The van der Waals surface area contributed by atoms with E-state index in [9.17, 15) is 10.4 Å². The second kappa shape index (κ2) is 7.82. The summed E-state index contributed by atoms with van der Waals surface area (Å²) >= 11 is 0. The van der Waals surface area contributed by atoms with E-state index in [0.29, 0.717) is 18.0 Å². The minimum Gasteiger partial charge on any atom is -0.480 e. The van der Waals surface area contributed by atoms with Crippen LogP contribution in [0.15, 0.2) is 12.3 Å². The summed E-state index contributed by atoms with van der Waals surface area (Å²) in [5.41, 5.74) is 1.25. The summed E-state index contributed by atoms with van der Waals surface area (Å²) in [6.45, 7) is 3.56. The molecule has 0 unspecified atom stereocenters. The summed E-state index contributed by atoms with van der Waals surface area (Å²) in [4.78, 5) is 8.65. The SMILES string of the molecule is COc1nccc(N2CC[C@H](N3CCCCCC3)[C@@H](O)C2)c1C#N. The minimum atomic E-state index is -0.400. The normalized spacial score (nSPS) is 25.8. The number of methoxy groups -OCH3 is 1. The molecule has 130 valence electrons. The van der Waals surface area contributed by atoms with Crippen molar-refractivity contribution in [3.8, 4) is 11.9 Å². The van der Waals surface area contributed by atoms with Gasteiger partial charge in [0, 0.05) is 25.3 Å². The average Bonchev–Trinajstić information content (AvgIpc) is 2.90. The highest BCUT2D eigenvalue weighted by molar-refractivity contribution is 5.63. The molecule has 1 aromatic heterocycles. The number of aliphatic hydroxyl groups is 1. The zero-order valence-electron chi connectivity index (χ0n) is 14.3. The number of ether oxygens (including phenoxy) is 1. The Morgan fingerprint density at radius 1 is 1.25 bits per heavy atom. The van der Waals surface area contributed by atoms with Crippen molar-refractivity contribution < 1.29 is 9.84 Å². The van der Waals surface area contributed by atoms with E-state index in [-0.39, 0.29) is 6.04 Å².